The van der Waals surface area contributed by atoms with E-state index < -0.39 is 42.3 Å². The molecule has 0 aliphatic rings. The van der Waals surface area contributed by atoms with Crippen molar-refractivity contribution >= 4 is 28.9 Å². The highest BCUT2D eigenvalue weighted by Gasteiger charge is 2.30. The zero-order chi connectivity index (χ0) is 14.7. The van der Waals surface area contributed by atoms with Crippen LogP contribution in [0.4, 0.5) is 5.69 Å². The molecule has 0 saturated carbocycles. The van der Waals surface area contributed by atoms with E-state index in [9.17, 15) is 30.3 Å². The number of nitrogens with zero attached hydrogens (tertiary/aromatic N) is 3. The monoisotopic (exact) mass is 313 g/mol. The first-order valence-electron chi connectivity index (χ1n) is 4.05. The molecule has 1 rings (SSSR count). The highest BCUT2D eigenvalue weighted by atomic mass is 35.5. The molecule has 102 valence electrons. The molecule has 19 heavy (non-hydrogen) atoms. The molecule has 0 N–H and O–H groups in total. The third-order valence-corrected chi connectivity index (χ3v) is 2.41. The Morgan fingerprint density at radius 2 is 1.53 bits per heavy atom. The molecule has 0 saturated heterocycles. The van der Waals surface area contributed by atoms with Gasteiger partial charge in [0.25, 0.3) is 10.2 Å². The maximum Gasteiger partial charge on any atom is 0.330 e. The second-order valence-electron chi connectivity index (χ2n) is 2.74. The molecule has 0 aliphatic heterocycles. The van der Waals surface area contributed by atoms with Crippen molar-refractivity contribution in [3.8, 4) is 11.5 Å². The van der Waals surface area contributed by atoms with Gasteiger partial charge in [-0.25, -0.2) is 0 Å². The van der Waals surface area contributed by atoms with Gasteiger partial charge in [-0.2, -0.15) is 0 Å². The highest BCUT2D eigenvalue weighted by Crippen LogP contribution is 2.46. The van der Waals surface area contributed by atoms with E-state index in [1.807, 2.05) is 0 Å². The summed E-state index contributed by atoms with van der Waals surface area (Å²) < 4.78 is 0. The Morgan fingerprint density at radius 3 is 1.95 bits per heavy atom. The smallest absolute Gasteiger partial charge is 0.269 e. The number of nitro benzene ring substituents is 1. The van der Waals surface area contributed by atoms with E-state index in [0.717, 1.165) is 0 Å². The van der Waals surface area contributed by atoms with Crippen molar-refractivity contribution in [1.82, 2.24) is 0 Å². The minimum Gasteiger partial charge on any atom is -0.269 e. The van der Waals surface area contributed by atoms with Crippen molar-refractivity contribution in [3.63, 3.8) is 0 Å². The number of hydrogen-bond donors (Lipinski definition) is 0. The van der Waals surface area contributed by atoms with Gasteiger partial charge in [0.2, 0.25) is 11.5 Å². The number of halogens is 2. The fourth-order valence-electron chi connectivity index (χ4n) is 1.05. The molecule has 1 aromatic carbocycles. The number of nitro groups is 1. The lowest BCUT2D eigenvalue weighted by Gasteiger charge is -2.08. The van der Waals surface area contributed by atoms with E-state index in [2.05, 4.69) is 9.68 Å². The van der Waals surface area contributed by atoms with Gasteiger partial charge >= 0.3 is 5.69 Å². The van der Waals surface area contributed by atoms with Crippen LogP contribution >= 0.6 is 23.2 Å². The molecule has 0 bridgehead atoms. The molecule has 0 atom stereocenters. The largest absolute Gasteiger partial charge is 0.330 e. The fraction of sp³-hybridized carbons (Fsp3) is 0. The normalized spacial score (nSPS) is 9.79. The van der Waals surface area contributed by atoms with Crippen LogP contribution in [0.1, 0.15) is 0 Å². The summed E-state index contributed by atoms with van der Waals surface area (Å²) in [6, 6.07) is 0.664. The Labute approximate surface area is 112 Å². The Bertz CT molecular complexity index is 576. The molecule has 0 radical (unpaired) electrons. The van der Waals surface area contributed by atoms with Crippen LogP contribution in [0.2, 0.25) is 10.0 Å². The minimum atomic E-state index is -1.39. The summed E-state index contributed by atoms with van der Waals surface area (Å²) in [6.45, 7) is 0. The van der Waals surface area contributed by atoms with Crippen LogP contribution in [-0.2, 0) is 0 Å². The Balaban J connectivity index is 3.56. The molecule has 1 aromatic rings. The molecule has 0 aromatic heterocycles. The number of benzene rings is 1. The Hall–Kier alpha value is -2.40. The zero-order valence-electron chi connectivity index (χ0n) is 8.44. The van der Waals surface area contributed by atoms with Crippen molar-refractivity contribution in [2.24, 2.45) is 0 Å². The first-order valence-corrected chi connectivity index (χ1v) is 4.80. The van der Waals surface area contributed by atoms with Crippen LogP contribution < -0.4 is 9.68 Å². The first-order chi connectivity index (χ1) is 8.73. The maximum atomic E-state index is 10.8. The number of hydrogen-bond acceptors (Lipinski definition) is 8. The lowest BCUT2D eigenvalue weighted by Crippen LogP contribution is -2.10. The summed E-state index contributed by atoms with van der Waals surface area (Å²) in [5.74, 6) is -2.03. The van der Waals surface area contributed by atoms with Crippen LogP contribution in [0.3, 0.4) is 0 Å². The van der Waals surface area contributed by atoms with Crippen molar-refractivity contribution < 1.29 is 24.8 Å². The van der Waals surface area contributed by atoms with E-state index in [4.69, 9.17) is 23.2 Å². The SMILES string of the molecule is O=[N+]([O-])Oc1cc(Cl)c(Cl)c(O[N+](=O)[O-])c1[N+](=O)[O-]. The van der Waals surface area contributed by atoms with Gasteiger partial charge in [0.15, 0.2) is 0 Å². The highest BCUT2D eigenvalue weighted by molar-refractivity contribution is 6.43. The molecule has 13 heteroatoms. The molecule has 0 unspecified atom stereocenters. The topological polar surface area (TPSA) is 148 Å². The lowest BCUT2D eigenvalue weighted by molar-refractivity contribution is -0.714. The molecule has 0 heterocycles. The van der Waals surface area contributed by atoms with Gasteiger partial charge in [-0.1, -0.05) is 23.2 Å². The lowest BCUT2D eigenvalue weighted by atomic mass is 10.2. The molecule has 11 nitrogen and oxygen atoms in total. The molecule has 0 spiro atoms. The van der Waals surface area contributed by atoms with Crippen molar-refractivity contribution in [2.45, 2.75) is 0 Å². The Kier molecular flexibility index (Phi) is 4.24. The standard InChI is InChI=1S/C6HCl2N3O8/c7-2-1-3(18-10(14)15)5(9(12)13)6(4(2)8)19-11(16)17/h1H. The average molecular weight is 314 g/mol. The molecular formula is C6HCl2N3O8. The van der Waals surface area contributed by atoms with Crippen LogP contribution in [-0.4, -0.2) is 15.1 Å². The summed E-state index contributed by atoms with van der Waals surface area (Å²) in [6.07, 6.45) is 0. The third-order valence-electron chi connectivity index (χ3n) is 1.64. The van der Waals surface area contributed by atoms with Gasteiger partial charge in [-0.15, -0.1) is 20.2 Å². The molecular weight excluding hydrogens is 313 g/mol. The van der Waals surface area contributed by atoms with Crippen molar-refractivity contribution in [2.75, 3.05) is 0 Å². The van der Waals surface area contributed by atoms with E-state index in [1.165, 1.54) is 0 Å². The zero-order valence-corrected chi connectivity index (χ0v) is 9.95. The van der Waals surface area contributed by atoms with E-state index in [0.29, 0.717) is 6.07 Å². The fourth-order valence-corrected chi connectivity index (χ4v) is 1.42. The van der Waals surface area contributed by atoms with Crippen LogP contribution in [0.15, 0.2) is 6.07 Å². The van der Waals surface area contributed by atoms with Crippen molar-refractivity contribution in [1.29, 1.82) is 0 Å². The van der Waals surface area contributed by atoms with Crippen LogP contribution in [0.5, 0.6) is 11.5 Å². The van der Waals surface area contributed by atoms with Gasteiger partial charge in [0, 0.05) is 0 Å². The quantitative estimate of drug-likeness (QED) is 0.592. The predicted octanol–water partition coefficient (Wildman–Crippen LogP) is 2.04. The number of rotatable bonds is 5. The average Bonchev–Trinajstić information content (AvgIpc) is 2.23. The van der Waals surface area contributed by atoms with E-state index >= 15 is 0 Å². The molecule has 0 aliphatic carbocycles. The summed E-state index contributed by atoms with van der Waals surface area (Å²) in [5.41, 5.74) is -1.19. The van der Waals surface area contributed by atoms with Crippen molar-refractivity contribution in [3.05, 3.63) is 46.5 Å². The maximum absolute atomic E-state index is 10.8. The molecule has 0 amide bonds. The summed E-state index contributed by atoms with van der Waals surface area (Å²) in [5, 5.41) is 27.3. The second kappa shape index (κ2) is 5.49. The van der Waals surface area contributed by atoms with Crippen LogP contribution in [0.25, 0.3) is 0 Å². The third kappa shape index (κ3) is 3.29. The summed E-state index contributed by atoms with van der Waals surface area (Å²) in [4.78, 5) is 37.8. The minimum absolute atomic E-state index is 0.457. The first kappa shape index (κ1) is 14.7. The van der Waals surface area contributed by atoms with Gasteiger partial charge in [-0.05, 0) is 6.07 Å². The predicted molar refractivity (Wildman–Crippen MR) is 58.4 cm³/mol. The van der Waals surface area contributed by atoms with Gasteiger partial charge < -0.3 is 0 Å². The van der Waals surface area contributed by atoms with Gasteiger partial charge in [0.05, 0.1) is 15.0 Å². The van der Waals surface area contributed by atoms with Gasteiger partial charge in [-0.3, -0.25) is 19.8 Å². The van der Waals surface area contributed by atoms with E-state index in [-0.39, 0.29) is 0 Å². The Morgan fingerprint density at radius 1 is 1.00 bits per heavy atom. The van der Waals surface area contributed by atoms with E-state index in [1.54, 1.807) is 0 Å². The van der Waals surface area contributed by atoms with Crippen LogP contribution in [0, 0.1) is 30.3 Å². The molecule has 0 fully saturated rings. The summed E-state index contributed by atoms with van der Waals surface area (Å²) >= 11 is 11.0. The summed E-state index contributed by atoms with van der Waals surface area (Å²) in [7, 11) is 0. The second-order valence-corrected chi connectivity index (χ2v) is 3.52. The van der Waals surface area contributed by atoms with Gasteiger partial charge in [0.1, 0.15) is 0 Å².